The Kier molecular flexibility index (Phi) is 5.19. The van der Waals surface area contributed by atoms with E-state index in [1.165, 1.54) is 0 Å². The van der Waals surface area contributed by atoms with Crippen LogP contribution < -0.4 is 4.74 Å². The topological polar surface area (TPSA) is 42.4 Å². The van der Waals surface area contributed by atoms with Crippen molar-refractivity contribution in [3.63, 3.8) is 0 Å². The van der Waals surface area contributed by atoms with Gasteiger partial charge in [0.2, 0.25) is 0 Å². The third-order valence-corrected chi connectivity index (χ3v) is 4.15. The molecule has 4 nitrogen and oxygen atoms in total. The van der Waals surface area contributed by atoms with Gasteiger partial charge in [-0.2, -0.15) is 0 Å². The largest absolute Gasteiger partial charge is 0.492 e. The minimum atomic E-state index is -0.0450. The summed E-state index contributed by atoms with van der Waals surface area (Å²) < 4.78 is 5.66. The lowest BCUT2D eigenvalue weighted by Gasteiger charge is -2.19. The maximum absolute atomic E-state index is 12.8. The van der Waals surface area contributed by atoms with Crippen LogP contribution in [0.15, 0.2) is 54.6 Å². The number of nitrogens with zero attached hydrogens (tertiary/aromatic N) is 2. The van der Waals surface area contributed by atoms with Crippen LogP contribution in [0.2, 0.25) is 5.02 Å². The third-order valence-electron chi connectivity index (χ3n) is 3.91. The van der Waals surface area contributed by atoms with Crippen LogP contribution >= 0.6 is 11.6 Å². The lowest BCUT2D eigenvalue weighted by Crippen LogP contribution is -2.31. The van der Waals surface area contributed by atoms with Crippen LogP contribution in [0.25, 0.3) is 10.9 Å². The highest BCUT2D eigenvalue weighted by Gasteiger charge is 2.16. The maximum Gasteiger partial charge on any atom is 0.254 e. The van der Waals surface area contributed by atoms with Crippen molar-refractivity contribution in [2.45, 2.75) is 6.92 Å². The van der Waals surface area contributed by atoms with Gasteiger partial charge < -0.3 is 9.64 Å². The van der Waals surface area contributed by atoms with Gasteiger partial charge in [-0.25, -0.2) is 0 Å². The number of para-hydroxylation sites is 1. The number of pyridine rings is 1. The normalized spacial score (nSPS) is 10.7. The number of carbonyl (C=O) groups excluding carboxylic acids is 1. The van der Waals surface area contributed by atoms with Gasteiger partial charge >= 0.3 is 0 Å². The molecule has 0 aliphatic carbocycles. The van der Waals surface area contributed by atoms with Gasteiger partial charge in [-0.05, 0) is 37.3 Å². The summed E-state index contributed by atoms with van der Waals surface area (Å²) in [6, 6.07) is 16.7. The Balaban J connectivity index is 1.70. The number of fused-ring (bicyclic) bond motifs is 1. The second kappa shape index (κ2) is 7.53. The van der Waals surface area contributed by atoms with Gasteiger partial charge in [-0.1, -0.05) is 35.9 Å². The van der Waals surface area contributed by atoms with Crippen LogP contribution in [0.5, 0.6) is 5.75 Å². The summed E-state index contributed by atoms with van der Waals surface area (Å²) >= 11 is 5.94. The Morgan fingerprint density at radius 2 is 1.96 bits per heavy atom. The second-order valence-corrected chi connectivity index (χ2v) is 6.30. The van der Waals surface area contributed by atoms with Gasteiger partial charge in [0.05, 0.1) is 17.6 Å². The molecule has 0 saturated carbocycles. The number of rotatable bonds is 5. The number of ether oxygens (including phenoxy) is 1. The Hall–Kier alpha value is -2.59. The Morgan fingerprint density at radius 1 is 1.16 bits per heavy atom. The molecule has 25 heavy (non-hydrogen) atoms. The van der Waals surface area contributed by atoms with Crippen molar-refractivity contribution in [2.75, 3.05) is 20.2 Å². The molecule has 0 aliphatic heterocycles. The average molecular weight is 355 g/mol. The molecule has 1 amide bonds. The number of hydrogen-bond donors (Lipinski definition) is 0. The average Bonchev–Trinajstić information content (AvgIpc) is 2.60. The molecule has 0 spiro atoms. The maximum atomic E-state index is 12.8. The van der Waals surface area contributed by atoms with E-state index in [2.05, 4.69) is 4.98 Å². The highest BCUT2D eigenvalue weighted by atomic mass is 35.5. The zero-order chi connectivity index (χ0) is 17.8. The number of aryl methyl sites for hydroxylation is 1. The number of halogens is 1. The second-order valence-electron chi connectivity index (χ2n) is 5.86. The summed E-state index contributed by atoms with van der Waals surface area (Å²) in [7, 11) is 1.77. The molecule has 0 fully saturated rings. The van der Waals surface area contributed by atoms with Crippen molar-refractivity contribution in [1.82, 2.24) is 9.88 Å². The van der Waals surface area contributed by atoms with Crippen LogP contribution in [0.1, 0.15) is 16.1 Å². The van der Waals surface area contributed by atoms with Gasteiger partial charge in [0.1, 0.15) is 12.4 Å². The molecule has 0 aliphatic rings. The molecule has 128 valence electrons. The fraction of sp³-hybridized carbons (Fsp3) is 0.200. The van der Waals surface area contributed by atoms with Crippen molar-refractivity contribution in [2.24, 2.45) is 0 Å². The molecule has 0 N–H and O–H groups in total. The summed E-state index contributed by atoms with van der Waals surface area (Å²) in [5, 5.41) is 1.49. The quantitative estimate of drug-likeness (QED) is 0.684. The van der Waals surface area contributed by atoms with E-state index in [4.69, 9.17) is 16.3 Å². The van der Waals surface area contributed by atoms with Gasteiger partial charge in [0.25, 0.3) is 5.91 Å². The number of carbonyl (C=O) groups is 1. The van der Waals surface area contributed by atoms with E-state index in [1.54, 1.807) is 24.1 Å². The van der Waals surface area contributed by atoms with Crippen molar-refractivity contribution >= 4 is 28.4 Å². The molecule has 0 radical (unpaired) electrons. The Morgan fingerprint density at radius 3 is 2.76 bits per heavy atom. The van der Waals surface area contributed by atoms with Gasteiger partial charge in [0.15, 0.2) is 0 Å². The molecule has 2 aromatic carbocycles. The summed E-state index contributed by atoms with van der Waals surface area (Å²) in [5.74, 6) is 0.648. The first-order valence-electron chi connectivity index (χ1n) is 8.05. The van der Waals surface area contributed by atoms with Crippen LogP contribution in [0, 0.1) is 6.92 Å². The van der Waals surface area contributed by atoms with E-state index < -0.39 is 0 Å². The highest BCUT2D eigenvalue weighted by Crippen LogP contribution is 2.20. The smallest absolute Gasteiger partial charge is 0.254 e. The fourth-order valence-electron chi connectivity index (χ4n) is 2.65. The van der Waals surface area contributed by atoms with Gasteiger partial charge in [-0.15, -0.1) is 0 Å². The number of likely N-dealkylation sites (N-methyl/N-ethyl adjacent to an activating group) is 1. The van der Waals surface area contributed by atoms with E-state index in [0.29, 0.717) is 29.5 Å². The third kappa shape index (κ3) is 4.09. The van der Waals surface area contributed by atoms with Crippen molar-refractivity contribution < 1.29 is 9.53 Å². The van der Waals surface area contributed by atoms with E-state index in [-0.39, 0.29) is 5.91 Å². The molecule has 0 saturated heterocycles. The number of aromatic nitrogens is 1. The lowest BCUT2D eigenvalue weighted by atomic mass is 10.1. The predicted molar refractivity (Wildman–Crippen MR) is 100 cm³/mol. The minimum absolute atomic E-state index is 0.0450. The zero-order valence-corrected chi connectivity index (χ0v) is 15.0. The molecule has 1 heterocycles. The zero-order valence-electron chi connectivity index (χ0n) is 14.2. The molecule has 0 atom stereocenters. The molecule has 0 bridgehead atoms. The fourth-order valence-corrected chi connectivity index (χ4v) is 2.83. The lowest BCUT2D eigenvalue weighted by molar-refractivity contribution is 0.0775. The monoisotopic (exact) mass is 354 g/mol. The first-order valence-corrected chi connectivity index (χ1v) is 8.42. The number of hydrogen-bond acceptors (Lipinski definition) is 3. The molecule has 0 unspecified atom stereocenters. The van der Waals surface area contributed by atoms with Gasteiger partial charge in [-0.3, -0.25) is 9.78 Å². The molecule has 1 aromatic heterocycles. The summed E-state index contributed by atoms with van der Waals surface area (Å²) in [6.07, 6.45) is 0. The van der Waals surface area contributed by atoms with E-state index in [1.807, 2.05) is 49.4 Å². The summed E-state index contributed by atoms with van der Waals surface area (Å²) in [4.78, 5) is 19.0. The first-order chi connectivity index (χ1) is 12.0. The summed E-state index contributed by atoms with van der Waals surface area (Å²) in [6.45, 7) is 2.76. The van der Waals surface area contributed by atoms with Crippen molar-refractivity contribution in [3.05, 3.63) is 70.9 Å². The molecular weight excluding hydrogens is 336 g/mol. The summed E-state index contributed by atoms with van der Waals surface area (Å²) in [5.41, 5.74) is 2.31. The van der Waals surface area contributed by atoms with E-state index in [9.17, 15) is 4.79 Å². The molecular formula is C20H19ClN2O2. The van der Waals surface area contributed by atoms with E-state index in [0.717, 1.165) is 16.6 Å². The SMILES string of the molecule is Cc1cc(C(=O)N(C)CCOc2cccc(Cl)c2)c2ccccc2n1. The van der Waals surface area contributed by atoms with Crippen LogP contribution in [0.4, 0.5) is 0 Å². The minimum Gasteiger partial charge on any atom is -0.492 e. The Labute approximate surface area is 152 Å². The molecule has 5 heteroatoms. The van der Waals surface area contributed by atoms with Crippen LogP contribution in [0.3, 0.4) is 0 Å². The van der Waals surface area contributed by atoms with Crippen LogP contribution in [-0.4, -0.2) is 36.0 Å². The Bertz CT molecular complexity index is 911. The highest BCUT2D eigenvalue weighted by molar-refractivity contribution is 6.30. The molecule has 3 aromatic rings. The molecule has 3 rings (SSSR count). The standard InChI is InChI=1S/C20H19ClN2O2/c1-14-12-18(17-8-3-4-9-19(17)22-14)20(24)23(2)10-11-25-16-7-5-6-15(21)13-16/h3-9,12-13H,10-11H2,1-2H3. The predicted octanol–water partition coefficient (Wildman–Crippen LogP) is 4.35. The van der Waals surface area contributed by atoms with Crippen molar-refractivity contribution in [3.8, 4) is 5.75 Å². The first kappa shape index (κ1) is 17.2. The van der Waals surface area contributed by atoms with Crippen LogP contribution in [-0.2, 0) is 0 Å². The number of amides is 1. The van der Waals surface area contributed by atoms with E-state index >= 15 is 0 Å². The number of benzene rings is 2. The van der Waals surface area contributed by atoms with Crippen molar-refractivity contribution in [1.29, 1.82) is 0 Å². The van der Waals surface area contributed by atoms with Gasteiger partial charge in [0, 0.05) is 23.2 Å².